The first-order chi connectivity index (χ1) is 12.5. The third-order valence-corrected chi connectivity index (χ3v) is 3.32. The van der Waals surface area contributed by atoms with Crippen molar-refractivity contribution in [1.29, 1.82) is 0 Å². The Labute approximate surface area is 156 Å². The summed E-state index contributed by atoms with van der Waals surface area (Å²) in [6.07, 6.45) is 0.246. The molecule has 0 saturated carbocycles. The second-order valence-electron chi connectivity index (χ2n) is 5.83. The second kappa shape index (κ2) is 12.4. The molecule has 10 nitrogen and oxygen atoms in total. The van der Waals surface area contributed by atoms with E-state index in [4.69, 9.17) is 27.4 Å². The number of nitrogens with one attached hydrogen (secondary N) is 1. The molecule has 10 heteroatoms. The monoisotopic (exact) mass is 382 g/mol. The number of carboxylic acids is 2. The minimum Gasteiger partial charge on any atom is -0.480 e. The number of benzene rings is 1. The number of carbonyl (C=O) groups is 4. The Bertz CT molecular complexity index is 636. The molecule has 2 amide bonds. The Morgan fingerprint density at radius 3 is 2.00 bits per heavy atom. The maximum Gasteiger partial charge on any atom is 0.326 e. The highest BCUT2D eigenvalue weighted by Gasteiger charge is 2.21. The zero-order valence-electron chi connectivity index (χ0n) is 15.0. The molecule has 0 bridgehead atoms. The molecule has 0 radical (unpaired) electrons. The van der Waals surface area contributed by atoms with Gasteiger partial charge in [-0.15, -0.1) is 0 Å². The lowest BCUT2D eigenvalue weighted by atomic mass is 10.1. The van der Waals surface area contributed by atoms with Crippen molar-refractivity contribution in [1.82, 2.24) is 5.32 Å². The second-order valence-corrected chi connectivity index (χ2v) is 5.83. The van der Waals surface area contributed by atoms with Gasteiger partial charge in [-0.05, 0) is 25.3 Å². The minimum absolute atomic E-state index is 0.0386. The van der Waals surface area contributed by atoms with Gasteiger partial charge in [0.05, 0.1) is 6.04 Å². The highest BCUT2D eigenvalue weighted by Crippen LogP contribution is 2.01. The molecule has 0 heterocycles. The summed E-state index contributed by atoms with van der Waals surface area (Å²) in [4.78, 5) is 42.6. The number of nitrogens with two attached hydrogens (primary N) is 3. The smallest absolute Gasteiger partial charge is 0.326 e. The molecule has 3 unspecified atom stereocenters. The zero-order valence-corrected chi connectivity index (χ0v) is 15.0. The number of aliphatic carboxylic acids is 2. The summed E-state index contributed by atoms with van der Waals surface area (Å²) in [7, 11) is 0. The van der Waals surface area contributed by atoms with Gasteiger partial charge in [0.1, 0.15) is 12.1 Å². The van der Waals surface area contributed by atoms with Crippen LogP contribution in [-0.4, -0.2) is 52.1 Å². The van der Waals surface area contributed by atoms with Gasteiger partial charge < -0.3 is 32.7 Å². The fraction of sp³-hybridized carbons (Fsp3) is 0.412. The van der Waals surface area contributed by atoms with Crippen LogP contribution in [0.3, 0.4) is 0 Å². The average molecular weight is 382 g/mol. The topological polar surface area (TPSA) is 199 Å². The van der Waals surface area contributed by atoms with Crippen molar-refractivity contribution in [2.75, 3.05) is 0 Å². The van der Waals surface area contributed by atoms with Crippen LogP contribution in [0.15, 0.2) is 30.3 Å². The molecule has 27 heavy (non-hydrogen) atoms. The lowest BCUT2D eigenvalue weighted by Gasteiger charge is -2.14. The maximum atomic E-state index is 11.1. The van der Waals surface area contributed by atoms with E-state index in [2.05, 4.69) is 5.32 Å². The van der Waals surface area contributed by atoms with Crippen molar-refractivity contribution < 1.29 is 29.4 Å². The average Bonchev–Trinajstić information content (AvgIpc) is 2.59. The molecule has 1 rings (SSSR count). The van der Waals surface area contributed by atoms with E-state index in [1.165, 1.54) is 6.92 Å². The van der Waals surface area contributed by atoms with Gasteiger partial charge in [-0.1, -0.05) is 30.3 Å². The Kier molecular flexibility index (Phi) is 11.0. The fourth-order valence-corrected chi connectivity index (χ4v) is 1.80. The third-order valence-electron chi connectivity index (χ3n) is 3.32. The van der Waals surface area contributed by atoms with Gasteiger partial charge in [0.2, 0.25) is 11.8 Å². The predicted molar refractivity (Wildman–Crippen MR) is 97.4 cm³/mol. The Morgan fingerprint density at radius 2 is 1.59 bits per heavy atom. The van der Waals surface area contributed by atoms with Crippen molar-refractivity contribution in [3.8, 4) is 0 Å². The van der Waals surface area contributed by atoms with E-state index >= 15 is 0 Å². The lowest BCUT2D eigenvalue weighted by Crippen LogP contribution is -2.47. The van der Waals surface area contributed by atoms with Crippen molar-refractivity contribution in [2.24, 2.45) is 17.2 Å². The molecular weight excluding hydrogens is 356 g/mol. The molecule has 0 saturated heterocycles. The molecule has 0 fully saturated rings. The summed E-state index contributed by atoms with van der Waals surface area (Å²) in [6, 6.07) is 6.62. The maximum absolute atomic E-state index is 11.1. The van der Waals surface area contributed by atoms with E-state index in [0.29, 0.717) is 6.42 Å². The number of hydrogen-bond donors (Lipinski definition) is 6. The van der Waals surface area contributed by atoms with Crippen LogP contribution in [0, 0.1) is 0 Å². The van der Waals surface area contributed by atoms with Gasteiger partial charge in [-0.25, -0.2) is 4.79 Å². The first-order valence-electron chi connectivity index (χ1n) is 8.14. The summed E-state index contributed by atoms with van der Waals surface area (Å²) >= 11 is 0. The van der Waals surface area contributed by atoms with Crippen LogP contribution in [0.4, 0.5) is 0 Å². The molecule has 3 atom stereocenters. The number of carboxylic acid groups (broad SMARTS) is 2. The fourth-order valence-electron chi connectivity index (χ4n) is 1.80. The normalized spacial score (nSPS) is 13.3. The molecule has 0 aliphatic heterocycles. The lowest BCUT2D eigenvalue weighted by molar-refractivity contribution is -0.142. The van der Waals surface area contributed by atoms with E-state index in [-0.39, 0.29) is 12.8 Å². The SMILES string of the molecule is CC(N)C(=O)NC(CCC(N)=O)C(=O)O.NC(Cc1ccccc1)C(=O)O. The third kappa shape index (κ3) is 11.3. The summed E-state index contributed by atoms with van der Waals surface area (Å²) in [6.45, 7) is 1.43. The number of primary amides is 1. The first-order valence-corrected chi connectivity index (χ1v) is 8.14. The van der Waals surface area contributed by atoms with E-state index in [9.17, 15) is 19.2 Å². The van der Waals surface area contributed by atoms with Crippen LogP contribution in [0.25, 0.3) is 0 Å². The predicted octanol–water partition coefficient (Wildman–Crippen LogP) is -1.19. The Balaban J connectivity index is 0.000000511. The minimum atomic E-state index is -1.22. The summed E-state index contributed by atoms with van der Waals surface area (Å²) < 4.78 is 0. The van der Waals surface area contributed by atoms with Gasteiger partial charge in [-0.3, -0.25) is 14.4 Å². The molecule has 0 aromatic heterocycles. The molecule has 0 spiro atoms. The molecule has 0 aliphatic rings. The quantitative estimate of drug-likeness (QED) is 0.306. The van der Waals surface area contributed by atoms with Crippen LogP contribution in [0.2, 0.25) is 0 Å². The van der Waals surface area contributed by atoms with Crippen LogP contribution in [-0.2, 0) is 25.6 Å². The first kappa shape index (κ1) is 24.0. The summed E-state index contributed by atoms with van der Waals surface area (Å²) in [5.74, 6) is -3.37. The number of carbonyl (C=O) groups excluding carboxylic acids is 2. The number of rotatable bonds is 9. The highest BCUT2D eigenvalue weighted by atomic mass is 16.4. The van der Waals surface area contributed by atoms with Crippen LogP contribution < -0.4 is 22.5 Å². The van der Waals surface area contributed by atoms with Crippen molar-refractivity contribution in [3.05, 3.63) is 35.9 Å². The van der Waals surface area contributed by atoms with Crippen molar-refractivity contribution in [3.63, 3.8) is 0 Å². The van der Waals surface area contributed by atoms with Gasteiger partial charge in [0.25, 0.3) is 0 Å². The van der Waals surface area contributed by atoms with Crippen LogP contribution >= 0.6 is 0 Å². The zero-order chi connectivity index (χ0) is 21.0. The van der Waals surface area contributed by atoms with Gasteiger partial charge >= 0.3 is 11.9 Å². The molecule has 9 N–H and O–H groups in total. The molecular formula is C17H26N4O6. The van der Waals surface area contributed by atoms with E-state index < -0.39 is 41.9 Å². The van der Waals surface area contributed by atoms with Gasteiger partial charge in [0.15, 0.2) is 0 Å². The van der Waals surface area contributed by atoms with Gasteiger partial charge in [-0.2, -0.15) is 0 Å². The Morgan fingerprint density at radius 1 is 1.04 bits per heavy atom. The van der Waals surface area contributed by atoms with E-state index in [1.54, 1.807) is 0 Å². The van der Waals surface area contributed by atoms with Crippen LogP contribution in [0.1, 0.15) is 25.3 Å². The summed E-state index contributed by atoms with van der Waals surface area (Å²) in [5.41, 5.74) is 16.4. The number of amides is 2. The molecule has 1 aromatic carbocycles. The number of hydrogen-bond acceptors (Lipinski definition) is 6. The molecule has 150 valence electrons. The molecule has 1 aromatic rings. The van der Waals surface area contributed by atoms with E-state index in [1.807, 2.05) is 30.3 Å². The Hall–Kier alpha value is -2.98. The summed E-state index contributed by atoms with van der Waals surface area (Å²) in [5, 5.41) is 19.4. The van der Waals surface area contributed by atoms with Crippen molar-refractivity contribution >= 4 is 23.8 Å². The largest absolute Gasteiger partial charge is 0.480 e. The van der Waals surface area contributed by atoms with Crippen LogP contribution in [0.5, 0.6) is 0 Å². The van der Waals surface area contributed by atoms with Gasteiger partial charge in [0, 0.05) is 6.42 Å². The molecule has 0 aliphatic carbocycles. The van der Waals surface area contributed by atoms with Crippen molar-refractivity contribution in [2.45, 2.75) is 44.3 Å². The standard InChI is InChI=1S/C9H11NO2.C8H15N3O4/c10-8(9(11)12)6-7-4-2-1-3-5-7;1-4(9)7(13)11-5(8(14)15)2-3-6(10)12/h1-5,8H,6,10H2,(H,11,12);4-5H,2-3,9H2,1H3,(H2,10,12)(H,11,13)(H,14,15). The highest BCUT2D eigenvalue weighted by molar-refractivity contribution is 5.86. The van der Waals surface area contributed by atoms with E-state index in [0.717, 1.165) is 5.56 Å².